The molecule has 4 atom stereocenters. The third kappa shape index (κ3) is 2.39. The van der Waals surface area contributed by atoms with Gasteiger partial charge in [0.1, 0.15) is 24.6 Å². The van der Waals surface area contributed by atoms with Gasteiger partial charge in [-0.15, -0.1) is 0 Å². The summed E-state index contributed by atoms with van der Waals surface area (Å²) < 4.78 is 28.6. The van der Waals surface area contributed by atoms with Crippen LogP contribution < -0.4 is 5.73 Å². The first-order chi connectivity index (χ1) is 10.9. The number of hydrogen-bond acceptors (Lipinski definition) is 7. The number of carbonyl (C=O) groups excluding carboxylic acids is 2. The number of hydrogen-bond donors (Lipinski definition) is 2. The molecule has 3 N–H and O–H groups in total. The number of carboxylic acids is 1. The van der Waals surface area contributed by atoms with Crippen LogP contribution in [0.2, 0.25) is 0 Å². The Hall–Kier alpha value is -1.68. The van der Waals surface area contributed by atoms with Crippen LogP contribution in [0, 0.1) is 11.8 Å². The number of β-lactam (4-membered cyclic amide) rings is 1. The fraction of sp³-hybridized carbons (Fsp3) is 0.786. The van der Waals surface area contributed by atoms with E-state index in [2.05, 4.69) is 0 Å². The number of aliphatic carboxylic acids is 1. The monoisotopic (exact) mass is 362 g/mol. The Morgan fingerprint density at radius 2 is 1.92 bits per heavy atom. The van der Waals surface area contributed by atoms with Crippen LogP contribution in [-0.2, 0) is 29.0 Å². The lowest BCUT2D eigenvalue weighted by atomic mass is 9.92. The van der Waals surface area contributed by atoms with E-state index in [-0.39, 0.29) is 5.92 Å². The summed E-state index contributed by atoms with van der Waals surface area (Å²) in [7, 11) is -3.92. The summed E-state index contributed by atoms with van der Waals surface area (Å²) in [6.45, 7) is 5.59. The quantitative estimate of drug-likeness (QED) is 0.466. The van der Waals surface area contributed by atoms with Gasteiger partial charge in [0.15, 0.2) is 15.2 Å². The van der Waals surface area contributed by atoms with Crippen molar-refractivity contribution in [1.82, 2.24) is 4.90 Å². The lowest BCUT2D eigenvalue weighted by Crippen LogP contribution is -2.64. The number of nitrogens with zero attached hydrogens (tertiary/aromatic N) is 1. The summed E-state index contributed by atoms with van der Waals surface area (Å²) in [5.41, 5.74) is 5.64. The highest BCUT2D eigenvalue weighted by Gasteiger charge is 2.72. The van der Waals surface area contributed by atoms with Gasteiger partial charge in [-0.05, 0) is 19.8 Å². The Bertz CT molecular complexity index is 685. The molecule has 136 valence electrons. The number of esters is 1. The van der Waals surface area contributed by atoms with E-state index in [1.165, 1.54) is 13.8 Å². The maximum atomic E-state index is 12.6. The van der Waals surface area contributed by atoms with Gasteiger partial charge in [0.2, 0.25) is 5.91 Å². The predicted octanol–water partition coefficient (Wildman–Crippen LogP) is -1.04. The lowest BCUT2D eigenvalue weighted by molar-refractivity contribution is -0.169. The number of ether oxygens (including phenoxy) is 1. The molecular formula is C14H22N2O7S. The zero-order valence-electron chi connectivity index (χ0n) is 13.9. The topological polar surface area (TPSA) is 144 Å². The average molecular weight is 362 g/mol. The second-order valence-corrected chi connectivity index (χ2v) is 9.66. The van der Waals surface area contributed by atoms with Gasteiger partial charge in [-0.3, -0.25) is 9.59 Å². The summed E-state index contributed by atoms with van der Waals surface area (Å²) in [4.78, 5) is 36.3. The van der Waals surface area contributed by atoms with E-state index in [9.17, 15) is 27.9 Å². The minimum absolute atomic E-state index is 0.170. The molecule has 0 aromatic carbocycles. The van der Waals surface area contributed by atoms with Crippen LogP contribution in [0.1, 0.15) is 27.7 Å². The molecule has 0 aromatic rings. The Morgan fingerprint density at radius 1 is 1.38 bits per heavy atom. The molecule has 24 heavy (non-hydrogen) atoms. The number of amides is 1. The Balaban J connectivity index is 2.19. The van der Waals surface area contributed by atoms with Gasteiger partial charge in [0.25, 0.3) is 0 Å². The van der Waals surface area contributed by atoms with Crippen LogP contribution in [0.15, 0.2) is 0 Å². The highest BCUT2D eigenvalue weighted by atomic mass is 32.2. The maximum absolute atomic E-state index is 12.6. The van der Waals surface area contributed by atoms with E-state index >= 15 is 0 Å². The summed E-state index contributed by atoms with van der Waals surface area (Å²) in [5, 5.41) is 8.01. The first-order valence-corrected chi connectivity index (χ1v) is 9.11. The van der Waals surface area contributed by atoms with Gasteiger partial charge in [0.05, 0.1) is 4.75 Å². The summed E-state index contributed by atoms with van der Waals surface area (Å²) >= 11 is 0. The molecule has 0 aliphatic carbocycles. The highest BCUT2D eigenvalue weighted by molar-refractivity contribution is 7.93. The zero-order valence-corrected chi connectivity index (χ0v) is 14.7. The van der Waals surface area contributed by atoms with Crippen molar-refractivity contribution in [1.29, 1.82) is 0 Å². The molecule has 0 radical (unpaired) electrons. The maximum Gasteiger partial charge on any atom is 0.328 e. The van der Waals surface area contributed by atoms with Gasteiger partial charge in [-0.1, -0.05) is 13.8 Å². The van der Waals surface area contributed by atoms with Crippen LogP contribution in [-0.4, -0.2) is 65.1 Å². The second-order valence-electron chi connectivity index (χ2n) is 7.03. The van der Waals surface area contributed by atoms with Gasteiger partial charge in [0, 0.05) is 0 Å². The molecule has 10 heteroatoms. The van der Waals surface area contributed by atoms with Crippen LogP contribution in [0.25, 0.3) is 0 Å². The van der Waals surface area contributed by atoms with Crippen LogP contribution in [0.5, 0.6) is 0 Å². The molecule has 2 saturated heterocycles. The normalized spacial score (nSPS) is 31.3. The van der Waals surface area contributed by atoms with Crippen molar-refractivity contribution in [2.24, 2.45) is 17.6 Å². The molecule has 0 saturated carbocycles. The van der Waals surface area contributed by atoms with Crippen molar-refractivity contribution >= 4 is 27.7 Å². The van der Waals surface area contributed by atoms with E-state index < -0.39 is 62.4 Å². The molecule has 0 unspecified atom stereocenters. The fourth-order valence-corrected chi connectivity index (χ4v) is 5.40. The molecule has 2 fully saturated rings. The molecular weight excluding hydrogens is 340 g/mol. The number of nitrogens with two attached hydrogens (primary N) is 1. The highest BCUT2D eigenvalue weighted by Crippen LogP contribution is 2.48. The number of carboxylic acid groups (broad SMARTS) is 1. The average Bonchev–Trinajstić information content (AvgIpc) is 2.60. The van der Waals surface area contributed by atoms with Crippen molar-refractivity contribution in [3.05, 3.63) is 0 Å². The molecule has 1 amide bonds. The van der Waals surface area contributed by atoms with Crippen molar-refractivity contribution < 1.29 is 32.6 Å². The van der Waals surface area contributed by atoms with Gasteiger partial charge >= 0.3 is 11.9 Å². The van der Waals surface area contributed by atoms with Crippen LogP contribution >= 0.6 is 0 Å². The summed E-state index contributed by atoms with van der Waals surface area (Å²) in [5.74, 6) is -4.01. The van der Waals surface area contributed by atoms with Gasteiger partial charge < -0.3 is 20.5 Å². The SMILES string of the molecule is CC(C)[C@H](N)C(=O)OC[C@@H]1C(=O)N2[C@@H](C(=O)O)C(C)(C)S(=O)(=O)[C@H]12. The van der Waals surface area contributed by atoms with E-state index in [0.29, 0.717) is 0 Å². The van der Waals surface area contributed by atoms with Crippen molar-refractivity contribution in [2.45, 2.75) is 49.9 Å². The van der Waals surface area contributed by atoms with E-state index in [1.807, 2.05) is 0 Å². The van der Waals surface area contributed by atoms with Crippen molar-refractivity contribution in [2.75, 3.05) is 6.61 Å². The predicted molar refractivity (Wildman–Crippen MR) is 82.3 cm³/mol. The molecule has 0 aromatic heterocycles. The number of sulfone groups is 1. The van der Waals surface area contributed by atoms with E-state index in [1.54, 1.807) is 13.8 Å². The van der Waals surface area contributed by atoms with E-state index in [4.69, 9.17) is 10.5 Å². The zero-order chi connectivity index (χ0) is 18.6. The first-order valence-electron chi connectivity index (χ1n) is 7.56. The fourth-order valence-electron chi connectivity index (χ4n) is 3.10. The molecule has 2 aliphatic rings. The molecule has 2 heterocycles. The third-order valence-corrected chi connectivity index (χ3v) is 7.69. The first kappa shape index (κ1) is 18.7. The van der Waals surface area contributed by atoms with Crippen molar-refractivity contribution in [3.63, 3.8) is 0 Å². The molecule has 9 nitrogen and oxygen atoms in total. The van der Waals surface area contributed by atoms with Gasteiger partial charge in [-0.25, -0.2) is 13.2 Å². The largest absolute Gasteiger partial charge is 0.480 e. The Kier molecular flexibility index (Phi) is 4.43. The Morgan fingerprint density at radius 3 is 2.38 bits per heavy atom. The molecule has 2 aliphatic heterocycles. The van der Waals surface area contributed by atoms with Crippen molar-refractivity contribution in [3.8, 4) is 0 Å². The van der Waals surface area contributed by atoms with Crippen LogP contribution in [0.4, 0.5) is 0 Å². The summed E-state index contributed by atoms with van der Waals surface area (Å²) in [6.07, 6.45) is 0. The molecule has 0 bridgehead atoms. The smallest absolute Gasteiger partial charge is 0.328 e. The lowest BCUT2D eigenvalue weighted by Gasteiger charge is -2.42. The second kappa shape index (κ2) is 5.69. The number of rotatable bonds is 5. The number of carbonyl (C=O) groups is 3. The molecule has 2 rings (SSSR count). The minimum Gasteiger partial charge on any atom is -0.480 e. The molecule has 0 spiro atoms. The minimum atomic E-state index is -3.92. The number of fused-ring (bicyclic) bond motifs is 1. The summed E-state index contributed by atoms with van der Waals surface area (Å²) in [6, 6.07) is -2.33. The standard InChI is InChI=1S/C14H22N2O7S/c1-6(2)8(15)13(20)23-5-7-10(17)16-9(12(18)19)14(3,4)24(21,22)11(7)16/h6-9,11H,5,15H2,1-4H3,(H,18,19)/t7-,8+,9+,11-/m1/s1. The third-order valence-electron chi connectivity index (χ3n) is 4.81. The van der Waals surface area contributed by atoms with E-state index in [0.717, 1.165) is 4.90 Å². The van der Waals surface area contributed by atoms with Gasteiger partial charge in [-0.2, -0.15) is 0 Å². The Labute approximate surface area is 140 Å². The van der Waals surface area contributed by atoms with Crippen LogP contribution in [0.3, 0.4) is 0 Å².